The number of benzene rings is 1. The quantitative estimate of drug-likeness (QED) is 0.693. The maximum absolute atomic E-state index is 13.5. The number of carboxylic acid groups (broad SMARTS) is 1. The minimum Gasteiger partial charge on any atom is -0.534 e. The minimum absolute atomic E-state index is 0.164. The van der Waals surface area contributed by atoms with Crippen molar-refractivity contribution in [2.75, 3.05) is 12.0 Å². The molecule has 0 aliphatic carbocycles. The number of fused-ring (bicyclic) bond motifs is 1. The Balaban J connectivity index is 2.26. The molecule has 6 nitrogen and oxygen atoms in total. The number of carbonyl (C=O) groups excluding carboxylic acids is 1. The van der Waals surface area contributed by atoms with Crippen molar-refractivity contribution in [3.05, 3.63) is 29.1 Å². The Bertz CT molecular complexity index is 585. The van der Waals surface area contributed by atoms with Crippen LogP contribution in [0, 0.1) is 5.82 Å². The molecule has 1 atom stereocenters. The van der Waals surface area contributed by atoms with E-state index in [9.17, 15) is 19.0 Å². The first-order valence-corrected chi connectivity index (χ1v) is 7.51. The normalized spacial score (nSPS) is 16.9. The second-order valence-electron chi connectivity index (χ2n) is 4.54. The number of carboxylic acids is 1. The molecule has 0 radical (unpaired) electrons. The molecule has 9 heteroatoms. The van der Waals surface area contributed by atoms with Gasteiger partial charge in [0.15, 0.2) is 0 Å². The van der Waals surface area contributed by atoms with Crippen molar-refractivity contribution >= 4 is 30.8 Å². The fourth-order valence-corrected chi connectivity index (χ4v) is 2.48. The first-order valence-electron chi connectivity index (χ1n) is 6.11. The summed E-state index contributed by atoms with van der Waals surface area (Å²) in [5.41, 5.74) is -0.186. The van der Waals surface area contributed by atoms with Gasteiger partial charge in [-0.2, -0.15) is 11.8 Å². The van der Waals surface area contributed by atoms with Gasteiger partial charge in [0.05, 0.1) is 11.7 Å². The monoisotopic (exact) mass is 313 g/mol. The van der Waals surface area contributed by atoms with Crippen LogP contribution in [0.2, 0.25) is 0 Å². The van der Waals surface area contributed by atoms with E-state index in [0.717, 1.165) is 6.07 Å². The average Bonchev–Trinajstić information content (AvgIpc) is 2.39. The summed E-state index contributed by atoms with van der Waals surface area (Å²) in [5.74, 6) is -3.33. The van der Waals surface area contributed by atoms with Gasteiger partial charge in [-0.05, 0) is 24.3 Å². The van der Waals surface area contributed by atoms with Crippen molar-refractivity contribution < 1.29 is 28.8 Å². The molecule has 1 heterocycles. The minimum atomic E-state index is -1.47. The van der Waals surface area contributed by atoms with E-state index in [1.807, 2.05) is 0 Å². The van der Waals surface area contributed by atoms with Crippen LogP contribution in [0.5, 0.6) is 5.75 Å². The van der Waals surface area contributed by atoms with Gasteiger partial charge in [0, 0.05) is 0 Å². The summed E-state index contributed by atoms with van der Waals surface area (Å²) in [7, 11) is -1.43. The molecule has 1 aromatic carbocycles. The van der Waals surface area contributed by atoms with E-state index in [4.69, 9.17) is 9.76 Å². The summed E-state index contributed by atoms with van der Waals surface area (Å²) in [5, 5.41) is 21.5. The third-order valence-corrected chi connectivity index (χ3v) is 3.60. The van der Waals surface area contributed by atoms with Crippen LogP contribution in [0.4, 0.5) is 4.39 Å². The topological polar surface area (TPSA) is 95.9 Å². The van der Waals surface area contributed by atoms with E-state index in [2.05, 4.69) is 5.32 Å². The summed E-state index contributed by atoms with van der Waals surface area (Å²) < 4.78 is 18.7. The second kappa shape index (κ2) is 6.36. The lowest BCUT2D eigenvalue weighted by atomic mass is 9.72. The number of hydrogen-bond acceptors (Lipinski definition) is 5. The highest BCUT2D eigenvalue weighted by atomic mass is 32.2. The van der Waals surface area contributed by atoms with Gasteiger partial charge in [-0.15, -0.1) is 0 Å². The Morgan fingerprint density at radius 2 is 2.29 bits per heavy atom. The Kier molecular flexibility index (Phi) is 4.74. The van der Waals surface area contributed by atoms with Gasteiger partial charge in [0.1, 0.15) is 17.1 Å². The van der Waals surface area contributed by atoms with E-state index in [0.29, 0.717) is 5.56 Å². The maximum Gasteiger partial charge on any atom is 0.547 e. The van der Waals surface area contributed by atoms with Crippen molar-refractivity contribution in [2.24, 2.45) is 0 Å². The van der Waals surface area contributed by atoms with Gasteiger partial charge in [-0.1, -0.05) is 6.07 Å². The molecule has 1 aliphatic heterocycles. The molecule has 3 N–H and O–H groups in total. The SMILES string of the molecule is CSCC(=O)NC1Cc2ccc(F)c(C(=O)O)c2OB1O. The third-order valence-electron chi connectivity index (χ3n) is 3.05. The Morgan fingerprint density at radius 3 is 2.90 bits per heavy atom. The molecule has 0 saturated carbocycles. The van der Waals surface area contributed by atoms with Crippen molar-refractivity contribution in [1.29, 1.82) is 0 Å². The highest BCUT2D eigenvalue weighted by Gasteiger charge is 2.38. The van der Waals surface area contributed by atoms with Gasteiger partial charge in [0.25, 0.3) is 0 Å². The van der Waals surface area contributed by atoms with E-state index < -0.39 is 30.4 Å². The molecular formula is C12H13BFNO5S. The fraction of sp³-hybridized carbons (Fsp3) is 0.333. The standard InChI is InChI=1S/C12H13BFNO5S/c1-21-5-9(16)15-8-4-6-2-3-7(14)10(12(17)18)11(6)20-13(8)19/h2-3,8,19H,4-5H2,1H3,(H,15,16)(H,17,18). The lowest BCUT2D eigenvalue weighted by molar-refractivity contribution is -0.118. The van der Waals surface area contributed by atoms with Crippen molar-refractivity contribution in [3.63, 3.8) is 0 Å². The van der Waals surface area contributed by atoms with Crippen molar-refractivity contribution in [3.8, 4) is 5.75 Å². The number of amides is 1. The number of thioether (sulfide) groups is 1. The molecule has 1 unspecified atom stereocenters. The number of nitrogens with one attached hydrogen (secondary N) is 1. The van der Waals surface area contributed by atoms with Crippen molar-refractivity contribution in [2.45, 2.75) is 12.4 Å². The summed E-state index contributed by atoms with van der Waals surface area (Å²) in [6.45, 7) is 0. The predicted molar refractivity (Wildman–Crippen MR) is 76.0 cm³/mol. The number of halogens is 1. The molecule has 21 heavy (non-hydrogen) atoms. The number of aromatic carboxylic acids is 1. The summed E-state index contributed by atoms with van der Waals surface area (Å²) in [6.07, 6.45) is 1.93. The van der Waals surface area contributed by atoms with Crippen LogP contribution in [0.1, 0.15) is 15.9 Å². The first-order chi connectivity index (χ1) is 9.93. The van der Waals surface area contributed by atoms with Crippen LogP contribution in [0.25, 0.3) is 0 Å². The first kappa shape index (κ1) is 15.6. The van der Waals surface area contributed by atoms with Crippen LogP contribution in [-0.4, -0.2) is 47.1 Å². The van der Waals surface area contributed by atoms with Crippen LogP contribution in [0.15, 0.2) is 12.1 Å². The summed E-state index contributed by atoms with van der Waals surface area (Å²) >= 11 is 1.33. The smallest absolute Gasteiger partial charge is 0.534 e. The van der Waals surface area contributed by atoms with Crippen LogP contribution in [0.3, 0.4) is 0 Å². The van der Waals surface area contributed by atoms with E-state index in [1.54, 1.807) is 6.26 Å². The van der Waals surface area contributed by atoms with Gasteiger partial charge >= 0.3 is 13.1 Å². The molecule has 0 spiro atoms. The number of hydrogen-bond donors (Lipinski definition) is 3. The van der Waals surface area contributed by atoms with Gasteiger partial charge in [-0.25, -0.2) is 9.18 Å². The fourth-order valence-electron chi connectivity index (χ4n) is 2.14. The van der Waals surface area contributed by atoms with Gasteiger partial charge in [-0.3, -0.25) is 4.79 Å². The van der Waals surface area contributed by atoms with E-state index in [1.165, 1.54) is 17.8 Å². The molecule has 0 fully saturated rings. The third kappa shape index (κ3) is 3.30. The molecule has 112 valence electrons. The highest BCUT2D eigenvalue weighted by Crippen LogP contribution is 2.31. The zero-order valence-corrected chi connectivity index (χ0v) is 11.9. The Hall–Kier alpha value is -1.74. The molecular weight excluding hydrogens is 300 g/mol. The number of carbonyl (C=O) groups is 2. The lowest BCUT2D eigenvalue weighted by Crippen LogP contribution is -2.53. The van der Waals surface area contributed by atoms with Gasteiger partial charge < -0.3 is 20.1 Å². The number of rotatable bonds is 4. The van der Waals surface area contributed by atoms with Crippen molar-refractivity contribution in [1.82, 2.24) is 5.32 Å². The zero-order chi connectivity index (χ0) is 15.6. The molecule has 1 aliphatic rings. The predicted octanol–water partition coefficient (Wildman–Crippen LogP) is 0.326. The zero-order valence-electron chi connectivity index (χ0n) is 11.1. The maximum atomic E-state index is 13.5. The lowest BCUT2D eigenvalue weighted by Gasteiger charge is -2.29. The molecule has 0 saturated heterocycles. The van der Waals surface area contributed by atoms with Crippen LogP contribution in [-0.2, 0) is 11.2 Å². The molecule has 1 amide bonds. The van der Waals surface area contributed by atoms with Gasteiger partial charge in [0.2, 0.25) is 5.91 Å². The van der Waals surface area contributed by atoms with E-state index in [-0.39, 0.29) is 23.8 Å². The Labute approximate surface area is 124 Å². The van der Waals surface area contributed by atoms with Crippen LogP contribution >= 0.6 is 11.8 Å². The summed E-state index contributed by atoms with van der Waals surface area (Å²) in [6, 6.07) is 2.42. The largest absolute Gasteiger partial charge is 0.547 e. The average molecular weight is 313 g/mol. The molecule has 0 aromatic heterocycles. The van der Waals surface area contributed by atoms with E-state index >= 15 is 0 Å². The highest BCUT2D eigenvalue weighted by molar-refractivity contribution is 7.99. The Morgan fingerprint density at radius 1 is 1.57 bits per heavy atom. The molecule has 0 bridgehead atoms. The molecule has 1 aromatic rings. The second-order valence-corrected chi connectivity index (χ2v) is 5.40. The van der Waals surface area contributed by atoms with Crippen LogP contribution < -0.4 is 9.97 Å². The summed E-state index contributed by atoms with van der Waals surface area (Å²) in [4.78, 5) is 22.6. The molecule has 2 rings (SSSR count).